The molecule has 0 radical (unpaired) electrons. The van der Waals surface area contributed by atoms with E-state index < -0.39 is 5.60 Å². The fraction of sp³-hybridized carbons (Fsp3) is 0.440. The summed E-state index contributed by atoms with van der Waals surface area (Å²) in [4.78, 5) is 2.14. The highest BCUT2D eigenvalue weighted by Crippen LogP contribution is 2.43. The van der Waals surface area contributed by atoms with E-state index in [0.717, 1.165) is 42.0 Å². The molecule has 1 N–H and O–H groups in total. The van der Waals surface area contributed by atoms with Gasteiger partial charge in [-0.2, -0.15) is 0 Å². The van der Waals surface area contributed by atoms with Crippen molar-refractivity contribution in [1.82, 2.24) is 4.90 Å². The first-order valence-electron chi connectivity index (χ1n) is 10.3. The largest absolute Gasteiger partial charge is 0.490 e. The monoisotopic (exact) mass is 431 g/mol. The minimum Gasteiger partial charge on any atom is -0.490 e. The van der Waals surface area contributed by atoms with Gasteiger partial charge in [0, 0.05) is 12.5 Å². The first kappa shape index (κ1) is 24.3. The standard InChI is InChI=1S/C25H33NO3.ClH/c1-19(2)18-28-23-12-8-9-20(15-23)25(27)14-13-24(16-21(25)17-26(3)4)29-22-10-6-5-7-11-22;/h5-12,15,21,24,27H,1,13-14,16-18H2,2-4H3;1H. The molecule has 3 atom stereocenters. The van der Waals surface area contributed by atoms with Crippen LogP contribution in [0.2, 0.25) is 0 Å². The van der Waals surface area contributed by atoms with Gasteiger partial charge in [-0.3, -0.25) is 0 Å². The number of nitrogens with zero attached hydrogens (tertiary/aromatic N) is 1. The molecule has 0 aromatic heterocycles. The molecule has 2 aromatic rings. The molecular formula is C25H34ClNO3. The average Bonchev–Trinajstić information content (AvgIpc) is 2.70. The van der Waals surface area contributed by atoms with Crippen LogP contribution in [0.5, 0.6) is 11.5 Å². The summed E-state index contributed by atoms with van der Waals surface area (Å²) in [5, 5.41) is 11.8. The van der Waals surface area contributed by atoms with Gasteiger partial charge in [0.25, 0.3) is 0 Å². The summed E-state index contributed by atoms with van der Waals surface area (Å²) in [6.45, 7) is 7.11. The summed E-state index contributed by atoms with van der Waals surface area (Å²) >= 11 is 0. The molecule has 0 heterocycles. The molecule has 1 aliphatic rings. The minimum atomic E-state index is -0.899. The molecule has 0 bridgehead atoms. The summed E-state index contributed by atoms with van der Waals surface area (Å²) < 4.78 is 12.0. The number of halogens is 1. The van der Waals surface area contributed by atoms with Crippen LogP contribution in [-0.4, -0.2) is 43.4 Å². The highest BCUT2D eigenvalue weighted by molar-refractivity contribution is 5.85. The number of hydrogen-bond donors (Lipinski definition) is 1. The molecular weight excluding hydrogens is 398 g/mol. The van der Waals surface area contributed by atoms with Crippen LogP contribution in [-0.2, 0) is 5.60 Å². The third-order valence-electron chi connectivity index (χ3n) is 5.52. The molecule has 0 aliphatic heterocycles. The molecule has 0 saturated heterocycles. The lowest BCUT2D eigenvalue weighted by Crippen LogP contribution is -2.47. The lowest BCUT2D eigenvalue weighted by molar-refractivity contribution is -0.0875. The normalized spacial score (nSPS) is 23.5. The van der Waals surface area contributed by atoms with E-state index in [-0.39, 0.29) is 24.4 Å². The highest BCUT2D eigenvalue weighted by Gasteiger charge is 2.44. The van der Waals surface area contributed by atoms with Crippen molar-refractivity contribution in [3.8, 4) is 11.5 Å². The van der Waals surface area contributed by atoms with E-state index in [1.54, 1.807) is 0 Å². The van der Waals surface area contributed by atoms with Crippen molar-refractivity contribution in [3.63, 3.8) is 0 Å². The van der Waals surface area contributed by atoms with Crippen molar-refractivity contribution >= 4 is 12.4 Å². The summed E-state index contributed by atoms with van der Waals surface area (Å²) in [6.07, 6.45) is 2.38. The topological polar surface area (TPSA) is 41.9 Å². The SMILES string of the molecule is C=C(C)COc1cccc(C2(O)CCC(Oc3ccccc3)CC2CN(C)C)c1.Cl. The first-order chi connectivity index (χ1) is 13.9. The van der Waals surface area contributed by atoms with E-state index in [2.05, 4.69) is 25.6 Å². The fourth-order valence-electron chi connectivity index (χ4n) is 4.12. The Bertz CT molecular complexity index is 811. The zero-order valence-corrected chi connectivity index (χ0v) is 19.0. The van der Waals surface area contributed by atoms with E-state index in [9.17, 15) is 5.11 Å². The smallest absolute Gasteiger partial charge is 0.120 e. The highest BCUT2D eigenvalue weighted by atomic mass is 35.5. The number of rotatable bonds is 8. The third-order valence-corrected chi connectivity index (χ3v) is 5.52. The number of aliphatic hydroxyl groups is 1. The number of para-hydroxylation sites is 1. The second-order valence-corrected chi connectivity index (χ2v) is 8.48. The maximum absolute atomic E-state index is 11.8. The quantitative estimate of drug-likeness (QED) is 0.593. The van der Waals surface area contributed by atoms with Gasteiger partial charge < -0.3 is 19.5 Å². The van der Waals surface area contributed by atoms with Gasteiger partial charge in [-0.15, -0.1) is 12.4 Å². The van der Waals surface area contributed by atoms with Crippen molar-refractivity contribution in [1.29, 1.82) is 0 Å². The number of benzene rings is 2. The van der Waals surface area contributed by atoms with Crippen molar-refractivity contribution in [2.75, 3.05) is 27.2 Å². The maximum Gasteiger partial charge on any atom is 0.120 e. The molecule has 1 fully saturated rings. The molecule has 3 unspecified atom stereocenters. The first-order valence-corrected chi connectivity index (χ1v) is 10.3. The Kier molecular flexibility index (Phi) is 8.78. The number of hydrogen-bond acceptors (Lipinski definition) is 4. The molecule has 5 heteroatoms. The van der Waals surface area contributed by atoms with Gasteiger partial charge in [-0.25, -0.2) is 0 Å². The van der Waals surface area contributed by atoms with Gasteiger partial charge in [0.2, 0.25) is 0 Å². The molecule has 3 rings (SSSR count). The molecule has 0 spiro atoms. The molecule has 0 amide bonds. The Hall–Kier alpha value is -2.01. The van der Waals surface area contributed by atoms with E-state index in [1.165, 1.54) is 0 Å². The van der Waals surface area contributed by atoms with Crippen LogP contribution >= 0.6 is 12.4 Å². The Morgan fingerprint density at radius 2 is 1.83 bits per heavy atom. The summed E-state index contributed by atoms with van der Waals surface area (Å²) in [7, 11) is 4.10. The van der Waals surface area contributed by atoms with Crippen molar-refractivity contribution < 1.29 is 14.6 Å². The average molecular weight is 432 g/mol. The Morgan fingerprint density at radius 3 is 2.50 bits per heavy atom. The third kappa shape index (κ3) is 6.24. The molecule has 1 aliphatic carbocycles. The van der Waals surface area contributed by atoms with E-state index in [0.29, 0.717) is 13.0 Å². The van der Waals surface area contributed by atoms with E-state index in [1.807, 2.05) is 61.5 Å². The zero-order chi connectivity index (χ0) is 20.9. The predicted octanol–water partition coefficient (Wildman–Crippen LogP) is 5.06. The second-order valence-electron chi connectivity index (χ2n) is 8.48. The second kappa shape index (κ2) is 10.9. The molecule has 30 heavy (non-hydrogen) atoms. The van der Waals surface area contributed by atoms with Gasteiger partial charge in [0.1, 0.15) is 18.1 Å². The minimum absolute atomic E-state index is 0. The van der Waals surface area contributed by atoms with Gasteiger partial charge in [-0.05, 0) is 75.7 Å². The van der Waals surface area contributed by atoms with Crippen LogP contribution in [0.15, 0.2) is 66.7 Å². The Morgan fingerprint density at radius 1 is 1.13 bits per heavy atom. The van der Waals surface area contributed by atoms with Gasteiger partial charge in [0.05, 0.1) is 11.7 Å². The van der Waals surface area contributed by atoms with Crippen molar-refractivity contribution in [3.05, 3.63) is 72.3 Å². The Labute approximate surface area is 186 Å². The van der Waals surface area contributed by atoms with Crippen LogP contribution in [0.25, 0.3) is 0 Å². The van der Waals surface area contributed by atoms with E-state index >= 15 is 0 Å². The summed E-state index contributed by atoms with van der Waals surface area (Å²) in [5.74, 6) is 1.73. The molecule has 4 nitrogen and oxygen atoms in total. The van der Waals surface area contributed by atoms with Crippen LogP contribution in [0.3, 0.4) is 0 Å². The van der Waals surface area contributed by atoms with Gasteiger partial charge >= 0.3 is 0 Å². The van der Waals surface area contributed by atoms with Crippen molar-refractivity contribution in [2.24, 2.45) is 5.92 Å². The Balaban J connectivity index is 0.00000320. The van der Waals surface area contributed by atoms with Crippen LogP contribution in [0.1, 0.15) is 31.7 Å². The fourth-order valence-corrected chi connectivity index (χ4v) is 4.12. The van der Waals surface area contributed by atoms with Crippen LogP contribution < -0.4 is 9.47 Å². The zero-order valence-electron chi connectivity index (χ0n) is 18.2. The van der Waals surface area contributed by atoms with Gasteiger partial charge in [0.15, 0.2) is 0 Å². The lowest BCUT2D eigenvalue weighted by atomic mass is 9.70. The molecule has 2 aromatic carbocycles. The predicted molar refractivity (Wildman–Crippen MR) is 125 cm³/mol. The summed E-state index contributed by atoms with van der Waals surface area (Å²) in [6, 6.07) is 17.8. The van der Waals surface area contributed by atoms with Crippen LogP contribution in [0, 0.1) is 5.92 Å². The summed E-state index contributed by atoms with van der Waals surface area (Å²) in [5.41, 5.74) is 0.989. The van der Waals surface area contributed by atoms with Gasteiger partial charge in [-0.1, -0.05) is 36.9 Å². The van der Waals surface area contributed by atoms with Crippen molar-refractivity contribution in [2.45, 2.75) is 37.9 Å². The van der Waals surface area contributed by atoms with E-state index in [4.69, 9.17) is 9.47 Å². The lowest BCUT2D eigenvalue weighted by Gasteiger charge is -2.44. The molecule has 1 saturated carbocycles. The maximum atomic E-state index is 11.8. The van der Waals surface area contributed by atoms with Crippen LogP contribution in [0.4, 0.5) is 0 Å². The number of ether oxygens (including phenoxy) is 2. The molecule has 164 valence electrons.